The number of amides is 1. The Morgan fingerprint density at radius 1 is 0.745 bits per heavy atom. The topological polar surface area (TPSA) is 151 Å². The molecule has 0 rings (SSSR count). The van der Waals surface area contributed by atoms with Crippen LogP contribution in [0.2, 0.25) is 0 Å². The smallest absolute Gasteiger partial charge is 0.393 e. The molecular formula is C37H67N2O7P. The molecule has 0 bridgehead atoms. The Labute approximate surface area is 286 Å². The van der Waals surface area contributed by atoms with Gasteiger partial charge in [0.2, 0.25) is 5.91 Å². The average Bonchev–Trinajstić information content (AvgIpc) is 3.04. The zero-order chi connectivity index (χ0) is 34.9. The van der Waals surface area contributed by atoms with E-state index in [0.717, 1.165) is 64.2 Å². The Morgan fingerprint density at radius 3 is 1.91 bits per heavy atom. The number of unbranched alkanes of at least 4 members (excludes halogenated alkanes) is 11. The first kappa shape index (κ1) is 45.2. The predicted octanol–water partition coefficient (Wildman–Crippen LogP) is 8.13. The molecular weight excluding hydrogens is 615 g/mol. The molecule has 0 saturated carbocycles. The second kappa shape index (κ2) is 32.7. The Balaban J connectivity index is 4.59. The summed E-state index contributed by atoms with van der Waals surface area (Å²) in [6.07, 6.45) is 35.9. The molecule has 0 fully saturated rings. The molecule has 0 heterocycles. The second-order valence-corrected chi connectivity index (χ2v) is 13.4. The third-order valence-corrected chi connectivity index (χ3v) is 8.36. The SMILES string of the molecule is CCCC/C=C/CC/C=C/CC/C=C/C(O)C(COP(=O)(O)OCCN)NC(=O)CC(O)CCCCCC/C=C\C=C/CCCCC. The first-order valence-electron chi connectivity index (χ1n) is 18.0. The van der Waals surface area contributed by atoms with Gasteiger partial charge in [-0.05, 0) is 64.2 Å². The summed E-state index contributed by atoms with van der Waals surface area (Å²) in [6.45, 7) is 3.80. The molecule has 0 aliphatic rings. The number of phosphoric acid groups is 1. The van der Waals surface area contributed by atoms with E-state index in [0.29, 0.717) is 12.8 Å². The van der Waals surface area contributed by atoms with E-state index in [9.17, 15) is 24.5 Å². The van der Waals surface area contributed by atoms with E-state index in [2.05, 4.69) is 67.8 Å². The van der Waals surface area contributed by atoms with Crippen molar-refractivity contribution in [3.05, 3.63) is 60.8 Å². The van der Waals surface area contributed by atoms with Crippen molar-refractivity contribution < 1.29 is 33.5 Å². The van der Waals surface area contributed by atoms with Gasteiger partial charge in [0.15, 0.2) is 0 Å². The molecule has 0 spiro atoms. The van der Waals surface area contributed by atoms with Crippen LogP contribution in [0, 0.1) is 0 Å². The van der Waals surface area contributed by atoms with Gasteiger partial charge in [-0.15, -0.1) is 0 Å². The lowest BCUT2D eigenvalue weighted by Crippen LogP contribution is -2.46. The predicted molar refractivity (Wildman–Crippen MR) is 195 cm³/mol. The van der Waals surface area contributed by atoms with Gasteiger partial charge in [0.1, 0.15) is 0 Å². The van der Waals surface area contributed by atoms with Crippen LogP contribution in [0.15, 0.2) is 60.8 Å². The largest absolute Gasteiger partial charge is 0.472 e. The number of nitrogens with two attached hydrogens (primary N) is 1. The van der Waals surface area contributed by atoms with Crippen molar-refractivity contribution in [1.29, 1.82) is 0 Å². The van der Waals surface area contributed by atoms with Crippen LogP contribution >= 0.6 is 7.82 Å². The molecule has 9 nitrogen and oxygen atoms in total. The Bertz CT molecular complexity index is 936. The molecule has 0 saturated heterocycles. The lowest BCUT2D eigenvalue weighted by Gasteiger charge is -2.24. The molecule has 0 aromatic heterocycles. The van der Waals surface area contributed by atoms with Gasteiger partial charge in [0, 0.05) is 6.54 Å². The fourth-order valence-electron chi connectivity index (χ4n) is 4.59. The molecule has 0 aliphatic heterocycles. The maximum absolute atomic E-state index is 12.7. The van der Waals surface area contributed by atoms with Gasteiger partial charge in [-0.25, -0.2) is 4.57 Å². The third-order valence-electron chi connectivity index (χ3n) is 7.38. The number of hydrogen-bond acceptors (Lipinski definition) is 7. The quantitative estimate of drug-likeness (QED) is 0.0207. The highest BCUT2D eigenvalue weighted by atomic mass is 31.2. The number of carbonyl (C=O) groups is 1. The minimum Gasteiger partial charge on any atom is -0.393 e. The zero-order valence-electron chi connectivity index (χ0n) is 29.4. The number of allylic oxidation sites excluding steroid dienone is 9. The van der Waals surface area contributed by atoms with Gasteiger partial charge in [0.25, 0.3) is 0 Å². The molecule has 0 aromatic carbocycles. The first-order chi connectivity index (χ1) is 22.8. The van der Waals surface area contributed by atoms with Crippen LogP contribution in [-0.4, -0.2) is 59.0 Å². The average molecular weight is 683 g/mol. The summed E-state index contributed by atoms with van der Waals surface area (Å²) in [4.78, 5) is 22.6. The van der Waals surface area contributed by atoms with Crippen molar-refractivity contribution in [2.45, 2.75) is 148 Å². The molecule has 47 heavy (non-hydrogen) atoms. The van der Waals surface area contributed by atoms with Crippen LogP contribution < -0.4 is 11.1 Å². The second-order valence-electron chi connectivity index (χ2n) is 11.9. The van der Waals surface area contributed by atoms with Crippen molar-refractivity contribution in [3.8, 4) is 0 Å². The van der Waals surface area contributed by atoms with E-state index < -0.39 is 38.6 Å². The molecule has 272 valence electrons. The number of aliphatic hydroxyl groups is 2. The standard InChI is InChI=1S/C37H67N2O7P/c1-3-5-7-9-11-13-15-17-18-20-22-24-26-28-34(40)32-37(42)39-35(33-46-47(43,44)45-31-30-38)36(41)29-27-25-23-21-19-16-14-12-10-8-6-4-2/h10-13,15,17,19,21,27,29,34-36,40-41H,3-9,14,16,18,20,22-26,28,30-33,38H2,1-2H3,(H,39,42)(H,43,44)/b12-10+,13-11-,17-15-,21-19+,29-27+. The summed E-state index contributed by atoms with van der Waals surface area (Å²) in [5.74, 6) is -0.478. The van der Waals surface area contributed by atoms with Crippen molar-refractivity contribution in [3.63, 3.8) is 0 Å². The minimum absolute atomic E-state index is 0.0370. The van der Waals surface area contributed by atoms with Gasteiger partial charge in [-0.1, -0.05) is 120 Å². The summed E-state index contributed by atoms with van der Waals surface area (Å²) in [5.41, 5.74) is 5.33. The fraction of sp³-hybridized carbons (Fsp3) is 0.703. The molecule has 6 N–H and O–H groups in total. The normalized spacial score (nSPS) is 15.8. The van der Waals surface area contributed by atoms with Crippen molar-refractivity contribution in [2.75, 3.05) is 19.8 Å². The van der Waals surface area contributed by atoms with Crippen molar-refractivity contribution >= 4 is 13.7 Å². The van der Waals surface area contributed by atoms with Crippen molar-refractivity contribution in [2.24, 2.45) is 5.73 Å². The van der Waals surface area contributed by atoms with Crippen LogP contribution in [0.4, 0.5) is 0 Å². The van der Waals surface area contributed by atoms with Gasteiger partial charge in [-0.2, -0.15) is 0 Å². The summed E-state index contributed by atoms with van der Waals surface area (Å²) >= 11 is 0. The third kappa shape index (κ3) is 31.2. The molecule has 0 radical (unpaired) electrons. The van der Waals surface area contributed by atoms with Gasteiger partial charge < -0.3 is 26.2 Å². The highest BCUT2D eigenvalue weighted by Gasteiger charge is 2.27. The maximum atomic E-state index is 12.7. The Morgan fingerprint density at radius 2 is 1.30 bits per heavy atom. The molecule has 10 heteroatoms. The molecule has 0 aromatic rings. The van der Waals surface area contributed by atoms with E-state index in [4.69, 9.17) is 14.8 Å². The highest BCUT2D eigenvalue weighted by molar-refractivity contribution is 7.47. The Kier molecular flexibility index (Phi) is 31.4. The van der Waals surface area contributed by atoms with E-state index in [1.54, 1.807) is 6.08 Å². The van der Waals surface area contributed by atoms with E-state index in [1.165, 1.54) is 38.2 Å². The summed E-state index contributed by atoms with van der Waals surface area (Å²) in [7, 11) is -4.41. The maximum Gasteiger partial charge on any atom is 0.472 e. The van der Waals surface area contributed by atoms with E-state index in [-0.39, 0.29) is 19.6 Å². The number of aliphatic hydroxyl groups excluding tert-OH is 2. The van der Waals surface area contributed by atoms with E-state index in [1.807, 2.05) is 0 Å². The Hall–Kier alpha value is -1.84. The molecule has 4 atom stereocenters. The van der Waals surface area contributed by atoms with Gasteiger partial charge >= 0.3 is 7.82 Å². The minimum atomic E-state index is -4.41. The number of rotatable bonds is 32. The lowest BCUT2D eigenvalue weighted by molar-refractivity contribution is -0.124. The monoisotopic (exact) mass is 682 g/mol. The zero-order valence-corrected chi connectivity index (χ0v) is 30.2. The number of nitrogens with one attached hydrogen (secondary N) is 1. The number of phosphoric ester groups is 1. The highest BCUT2D eigenvalue weighted by Crippen LogP contribution is 2.43. The summed E-state index contributed by atoms with van der Waals surface area (Å²) in [6, 6.07) is -1.01. The van der Waals surface area contributed by atoms with Crippen LogP contribution in [-0.2, 0) is 18.4 Å². The fourth-order valence-corrected chi connectivity index (χ4v) is 5.35. The number of carbonyl (C=O) groups excluding carboxylic acids is 1. The molecule has 1 amide bonds. The van der Waals surface area contributed by atoms with Gasteiger partial charge in [-0.3, -0.25) is 13.8 Å². The summed E-state index contributed by atoms with van der Waals surface area (Å²) < 4.78 is 21.9. The van der Waals surface area contributed by atoms with Crippen LogP contribution in [0.5, 0.6) is 0 Å². The number of hydrogen-bond donors (Lipinski definition) is 5. The van der Waals surface area contributed by atoms with E-state index >= 15 is 0 Å². The lowest BCUT2D eigenvalue weighted by atomic mass is 10.0. The molecule has 0 aliphatic carbocycles. The van der Waals surface area contributed by atoms with Crippen molar-refractivity contribution in [1.82, 2.24) is 5.32 Å². The van der Waals surface area contributed by atoms with Crippen LogP contribution in [0.25, 0.3) is 0 Å². The van der Waals surface area contributed by atoms with Gasteiger partial charge in [0.05, 0.1) is 37.9 Å². The summed E-state index contributed by atoms with van der Waals surface area (Å²) in [5, 5.41) is 23.8. The first-order valence-corrected chi connectivity index (χ1v) is 19.5. The van der Waals surface area contributed by atoms with Crippen LogP contribution in [0.3, 0.4) is 0 Å². The van der Waals surface area contributed by atoms with Crippen LogP contribution in [0.1, 0.15) is 129 Å². The molecule has 4 unspecified atom stereocenters.